The van der Waals surface area contributed by atoms with Crippen molar-refractivity contribution in [1.82, 2.24) is 20.3 Å². The van der Waals surface area contributed by atoms with Gasteiger partial charge in [0.1, 0.15) is 35.9 Å². The number of carbonyl (C=O) groups excluding carboxylic acids is 1. The fraction of sp³-hybridized carbons (Fsp3) is 0.425. The SMILES string of the molecule is NC(CCC(=O)O)C(=O)O.NC(CCC(=O)O)C(=O)O.NC(CCC(=O)O)C(=O)O.NC(CCC(=O)O)C(=O)O.Nc1nc2[nH]cc(CCc3ccc(C(=O)N[C@@H](CCC(=O)O)C(=O)O)cc3)c2c(=O)[nH]1. The first-order valence-corrected chi connectivity index (χ1v) is 20.4. The number of aromatic nitrogens is 3. The Kier molecular flexibility index (Phi) is 30.8. The summed E-state index contributed by atoms with van der Waals surface area (Å²) in [7, 11) is 0. The van der Waals surface area contributed by atoms with E-state index in [1.54, 1.807) is 30.5 Å². The maximum absolute atomic E-state index is 12.3. The van der Waals surface area contributed by atoms with Gasteiger partial charge in [-0.05, 0) is 68.2 Å². The quantitative estimate of drug-likeness (QED) is 0.0425. The van der Waals surface area contributed by atoms with Crippen LogP contribution in [0.25, 0.3) is 11.0 Å². The van der Waals surface area contributed by atoms with Crippen LogP contribution >= 0.6 is 0 Å². The van der Waals surface area contributed by atoms with Crippen LogP contribution in [-0.4, -0.2) is 162 Å². The van der Waals surface area contributed by atoms with E-state index in [0.29, 0.717) is 23.9 Å². The Bertz CT molecular complexity index is 2220. The number of benzene rings is 1. The number of carboxylic acid groups (broad SMARTS) is 10. The highest BCUT2D eigenvalue weighted by Gasteiger charge is 2.22. The fourth-order valence-corrected chi connectivity index (χ4v) is 4.80. The molecule has 2 heterocycles. The number of aryl methyl sites for hydroxylation is 2. The molecule has 0 aliphatic carbocycles. The average molecular weight is 1020 g/mol. The van der Waals surface area contributed by atoms with Crippen molar-refractivity contribution in [3.63, 3.8) is 0 Å². The number of carbonyl (C=O) groups is 11. The van der Waals surface area contributed by atoms with Gasteiger partial charge in [-0.25, -0.2) is 4.79 Å². The van der Waals surface area contributed by atoms with E-state index in [-0.39, 0.29) is 81.3 Å². The van der Waals surface area contributed by atoms with E-state index >= 15 is 0 Å². The van der Waals surface area contributed by atoms with Gasteiger partial charge in [0, 0.05) is 43.9 Å². The maximum atomic E-state index is 12.3. The predicted molar refractivity (Wildman–Crippen MR) is 241 cm³/mol. The molecule has 0 saturated carbocycles. The molecule has 0 saturated heterocycles. The number of aromatic amines is 2. The number of amides is 1. The van der Waals surface area contributed by atoms with E-state index in [9.17, 15) is 57.5 Å². The Morgan fingerprint density at radius 3 is 1.20 bits per heavy atom. The first-order chi connectivity index (χ1) is 32.9. The van der Waals surface area contributed by atoms with Crippen LogP contribution in [0.15, 0.2) is 35.3 Å². The monoisotopic (exact) mass is 1020 g/mol. The lowest BCUT2D eigenvalue weighted by atomic mass is 10.0. The Hall–Kier alpha value is -8.55. The topological polar surface area (TPSA) is 594 Å². The molecule has 2 aromatic heterocycles. The number of fused-ring (bicyclic) bond motifs is 1. The first kappa shape index (κ1) is 64.5. The molecule has 71 heavy (non-hydrogen) atoms. The first-order valence-electron chi connectivity index (χ1n) is 20.4. The highest BCUT2D eigenvalue weighted by Crippen LogP contribution is 2.16. The molecule has 0 spiro atoms. The van der Waals surface area contributed by atoms with Crippen molar-refractivity contribution in [1.29, 1.82) is 0 Å². The number of anilines is 1. The van der Waals surface area contributed by atoms with Crippen LogP contribution in [0.1, 0.15) is 85.7 Å². The number of carboxylic acids is 10. The molecule has 3 rings (SSSR count). The maximum Gasteiger partial charge on any atom is 0.326 e. The number of hydrogen-bond donors (Lipinski definition) is 18. The molecule has 4 unspecified atom stereocenters. The number of nitrogen functional groups attached to an aromatic ring is 1. The Labute approximate surface area is 399 Å². The highest BCUT2D eigenvalue weighted by atomic mass is 16.4. The second-order valence-electron chi connectivity index (χ2n) is 14.5. The van der Waals surface area contributed by atoms with Crippen molar-refractivity contribution in [3.05, 3.63) is 57.5 Å². The van der Waals surface area contributed by atoms with Crippen molar-refractivity contribution in [2.45, 2.75) is 107 Å². The number of nitrogens with one attached hydrogen (secondary N) is 3. The van der Waals surface area contributed by atoms with Crippen molar-refractivity contribution in [3.8, 4) is 0 Å². The summed E-state index contributed by atoms with van der Waals surface area (Å²) in [6.45, 7) is 0. The van der Waals surface area contributed by atoms with Gasteiger partial charge in [0.2, 0.25) is 5.95 Å². The van der Waals surface area contributed by atoms with Gasteiger partial charge in [-0.1, -0.05) is 12.1 Å². The molecule has 5 atom stereocenters. The number of nitrogens with zero attached hydrogens (tertiary/aromatic N) is 1. The lowest BCUT2D eigenvalue weighted by molar-refractivity contribution is -0.142. The summed E-state index contributed by atoms with van der Waals surface area (Å²) in [6, 6.07) is 1.07. The molecule has 23 N–H and O–H groups in total. The van der Waals surface area contributed by atoms with Gasteiger partial charge in [-0.15, -0.1) is 0 Å². The third-order valence-electron chi connectivity index (χ3n) is 8.74. The normalized spacial score (nSPS) is 12.2. The van der Waals surface area contributed by atoms with Crippen LogP contribution in [0, 0.1) is 0 Å². The fourth-order valence-electron chi connectivity index (χ4n) is 4.80. The average Bonchev–Trinajstić information content (AvgIpc) is 3.69. The Morgan fingerprint density at radius 2 is 0.873 bits per heavy atom. The lowest BCUT2D eigenvalue weighted by Gasteiger charge is -2.13. The molecular formula is C40H57N9O22. The Balaban J connectivity index is 0. The van der Waals surface area contributed by atoms with Crippen LogP contribution in [-0.2, 0) is 60.8 Å². The molecule has 1 aromatic carbocycles. The number of nitrogens with two attached hydrogens (primary N) is 5. The third kappa shape index (κ3) is 30.5. The Morgan fingerprint density at radius 1 is 0.521 bits per heavy atom. The summed E-state index contributed by atoms with van der Waals surface area (Å²) in [5.41, 5.74) is 27.6. The molecule has 0 radical (unpaired) electrons. The minimum Gasteiger partial charge on any atom is -0.481 e. The molecule has 394 valence electrons. The molecule has 0 aliphatic heterocycles. The molecule has 1 amide bonds. The zero-order valence-electron chi connectivity index (χ0n) is 37.5. The zero-order valence-corrected chi connectivity index (χ0v) is 37.5. The molecule has 0 fully saturated rings. The van der Waals surface area contributed by atoms with E-state index < -0.39 is 95.8 Å². The van der Waals surface area contributed by atoms with Crippen LogP contribution < -0.4 is 39.5 Å². The van der Waals surface area contributed by atoms with Gasteiger partial charge in [0.25, 0.3) is 11.5 Å². The minimum absolute atomic E-state index is 0.0231. The van der Waals surface area contributed by atoms with Crippen LogP contribution in [0.4, 0.5) is 5.95 Å². The van der Waals surface area contributed by atoms with Crippen LogP contribution in [0.3, 0.4) is 0 Å². The summed E-state index contributed by atoms with van der Waals surface area (Å²) in [6.07, 6.45) is 1.38. The molecular weight excluding hydrogens is 958 g/mol. The smallest absolute Gasteiger partial charge is 0.326 e. The summed E-state index contributed by atoms with van der Waals surface area (Å²) >= 11 is 0. The van der Waals surface area contributed by atoms with E-state index in [1.165, 1.54) is 0 Å². The predicted octanol–water partition coefficient (Wildman–Crippen LogP) is -2.28. The summed E-state index contributed by atoms with van der Waals surface area (Å²) < 4.78 is 0. The molecule has 0 aliphatic rings. The van der Waals surface area contributed by atoms with Crippen molar-refractivity contribution in [2.24, 2.45) is 22.9 Å². The van der Waals surface area contributed by atoms with E-state index in [2.05, 4.69) is 20.3 Å². The van der Waals surface area contributed by atoms with Crippen molar-refractivity contribution < 1.29 is 104 Å². The van der Waals surface area contributed by atoms with Gasteiger partial charge >= 0.3 is 59.7 Å². The third-order valence-corrected chi connectivity index (χ3v) is 8.74. The second kappa shape index (κ2) is 33.8. The number of rotatable bonds is 25. The van der Waals surface area contributed by atoms with E-state index in [0.717, 1.165) is 11.1 Å². The second-order valence-corrected chi connectivity index (χ2v) is 14.5. The van der Waals surface area contributed by atoms with Gasteiger partial charge in [-0.2, -0.15) is 4.98 Å². The number of H-pyrrole nitrogens is 2. The van der Waals surface area contributed by atoms with Gasteiger partial charge in [-0.3, -0.25) is 57.7 Å². The minimum atomic E-state index is -1.30. The standard InChI is InChI=1S/C20H21N5O6.4C5H9NO4/c21-20-24-16-15(18(29)25-20)12(9-22-16)6-3-10-1-4-11(5-2-10)17(28)23-13(19(30)31)7-8-14(26)27;4*6-3(5(9)10)1-2-4(7)8/h1-2,4-5,9,13H,3,6-8H2,(H,23,28)(H,26,27)(H,30,31)(H4,21,22,24,25,29);4*3H,1-2,6H2,(H,7,8)(H,9,10)/t13-;;;;/m0..../s1. The summed E-state index contributed by atoms with van der Waals surface area (Å²) in [5, 5.41) is 85.7. The highest BCUT2D eigenvalue weighted by molar-refractivity contribution is 5.96. The molecule has 3 aromatic rings. The van der Waals surface area contributed by atoms with Crippen molar-refractivity contribution >= 4 is 82.6 Å². The van der Waals surface area contributed by atoms with E-state index in [4.69, 9.17) is 79.7 Å². The van der Waals surface area contributed by atoms with Gasteiger partial charge in [0.15, 0.2) is 0 Å². The van der Waals surface area contributed by atoms with Crippen molar-refractivity contribution in [2.75, 3.05) is 5.73 Å². The zero-order chi connectivity index (χ0) is 55.1. The number of hydrogen-bond acceptors (Lipinski definition) is 18. The molecule has 31 heteroatoms. The van der Waals surface area contributed by atoms with Gasteiger partial charge < -0.3 is 90.0 Å². The lowest BCUT2D eigenvalue weighted by Crippen LogP contribution is -2.41. The summed E-state index contributed by atoms with van der Waals surface area (Å²) in [5.74, 6) is -11.8. The van der Waals surface area contributed by atoms with E-state index in [1.807, 2.05) is 0 Å². The molecule has 0 bridgehead atoms. The molecule has 31 nitrogen and oxygen atoms in total. The number of aliphatic carboxylic acids is 10. The van der Waals surface area contributed by atoms with Crippen LogP contribution in [0.5, 0.6) is 0 Å². The van der Waals surface area contributed by atoms with Gasteiger partial charge in [0.05, 0.1) is 5.39 Å². The summed E-state index contributed by atoms with van der Waals surface area (Å²) in [4.78, 5) is 135. The largest absolute Gasteiger partial charge is 0.481 e. The van der Waals surface area contributed by atoms with Crippen LogP contribution in [0.2, 0.25) is 0 Å².